The lowest BCUT2D eigenvalue weighted by Crippen LogP contribution is -2.40. The van der Waals surface area contributed by atoms with Crippen LogP contribution in [0.25, 0.3) is 0 Å². The molecular formula is C16H33NO. The highest BCUT2D eigenvalue weighted by Gasteiger charge is 2.25. The molecule has 1 rings (SSSR count). The van der Waals surface area contributed by atoms with Gasteiger partial charge in [0.2, 0.25) is 0 Å². The number of aliphatic hydroxyl groups is 1. The van der Waals surface area contributed by atoms with Crippen molar-refractivity contribution in [2.75, 3.05) is 13.1 Å². The average molecular weight is 255 g/mol. The molecule has 1 N–H and O–H groups in total. The third kappa shape index (κ3) is 5.27. The van der Waals surface area contributed by atoms with Crippen molar-refractivity contribution in [2.45, 2.75) is 84.3 Å². The Bertz CT molecular complexity index is 207. The zero-order valence-corrected chi connectivity index (χ0v) is 12.7. The molecular weight excluding hydrogens is 222 g/mol. The summed E-state index contributed by atoms with van der Waals surface area (Å²) < 4.78 is 0. The summed E-state index contributed by atoms with van der Waals surface area (Å²) in [7, 11) is 0. The maximum atomic E-state index is 10.3. The predicted octanol–water partition coefficient (Wildman–Crippen LogP) is 3.83. The van der Waals surface area contributed by atoms with Gasteiger partial charge in [0.05, 0.1) is 6.10 Å². The minimum absolute atomic E-state index is 0.0549. The maximum Gasteiger partial charge on any atom is 0.0580 e. The number of hydrogen-bond donors (Lipinski definition) is 1. The molecule has 0 radical (unpaired) electrons. The van der Waals surface area contributed by atoms with Crippen LogP contribution in [0.3, 0.4) is 0 Å². The molecule has 0 amide bonds. The first kappa shape index (κ1) is 16.0. The number of unbranched alkanes of at least 4 members (excludes halogenated alkanes) is 1. The molecule has 0 saturated heterocycles. The van der Waals surface area contributed by atoms with Crippen LogP contribution in [0.15, 0.2) is 0 Å². The van der Waals surface area contributed by atoms with Gasteiger partial charge in [-0.15, -0.1) is 0 Å². The van der Waals surface area contributed by atoms with Crippen LogP contribution in [0.5, 0.6) is 0 Å². The van der Waals surface area contributed by atoms with E-state index in [1.54, 1.807) is 0 Å². The van der Waals surface area contributed by atoms with Crippen LogP contribution < -0.4 is 0 Å². The van der Waals surface area contributed by atoms with E-state index in [2.05, 4.69) is 25.7 Å². The SMILES string of the molecule is CCCCN(CC1CCCCCC1O)C(C)CC. The Morgan fingerprint density at radius 2 is 1.89 bits per heavy atom. The van der Waals surface area contributed by atoms with Gasteiger partial charge in [-0.05, 0) is 45.1 Å². The van der Waals surface area contributed by atoms with Crippen LogP contribution in [0, 0.1) is 5.92 Å². The molecule has 2 nitrogen and oxygen atoms in total. The smallest absolute Gasteiger partial charge is 0.0580 e. The van der Waals surface area contributed by atoms with Crippen molar-refractivity contribution in [1.29, 1.82) is 0 Å². The second-order valence-electron chi connectivity index (χ2n) is 6.07. The van der Waals surface area contributed by atoms with E-state index in [1.165, 1.54) is 51.5 Å². The molecule has 0 bridgehead atoms. The van der Waals surface area contributed by atoms with Gasteiger partial charge in [0, 0.05) is 12.6 Å². The predicted molar refractivity (Wildman–Crippen MR) is 78.8 cm³/mol. The van der Waals surface area contributed by atoms with Crippen LogP contribution in [0.2, 0.25) is 0 Å². The van der Waals surface area contributed by atoms with Crippen LogP contribution in [-0.4, -0.2) is 35.2 Å². The summed E-state index contributed by atoms with van der Waals surface area (Å²) in [5, 5.41) is 10.3. The molecule has 0 heterocycles. The van der Waals surface area contributed by atoms with Crippen LogP contribution >= 0.6 is 0 Å². The van der Waals surface area contributed by atoms with Gasteiger partial charge < -0.3 is 10.0 Å². The first-order valence-corrected chi connectivity index (χ1v) is 8.11. The minimum atomic E-state index is -0.0549. The van der Waals surface area contributed by atoms with Gasteiger partial charge >= 0.3 is 0 Å². The fourth-order valence-corrected chi connectivity index (χ4v) is 2.99. The molecule has 1 fully saturated rings. The maximum absolute atomic E-state index is 10.3. The second-order valence-corrected chi connectivity index (χ2v) is 6.07. The van der Waals surface area contributed by atoms with Gasteiger partial charge in [0.15, 0.2) is 0 Å². The highest BCUT2D eigenvalue weighted by atomic mass is 16.3. The number of hydrogen-bond acceptors (Lipinski definition) is 2. The van der Waals surface area contributed by atoms with Crippen molar-refractivity contribution < 1.29 is 5.11 Å². The summed E-state index contributed by atoms with van der Waals surface area (Å²) in [5.41, 5.74) is 0. The highest BCUT2D eigenvalue weighted by Crippen LogP contribution is 2.25. The Hall–Kier alpha value is -0.0800. The van der Waals surface area contributed by atoms with Crippen molar-refractivity contribution in [3.05, 3.63) is 0 Å². The number of nitrogens with zero attached hydrogens (tertiary/aromatic N) is 1. The Labute approximate surface area is 114 Å². The lowest BCUT2D eigenvalue weighted by atomic mass is 9.95. The lowest BCUT2D eigenvalue weighted by molar-refractivity contribution is 0.0612. The van der Waals surface area contributed by atoms with Crippen molar-refractivity contribution in [1.82, 2.24) is 4.90 Å². The molecule has 0 aromatic heterocycles. The number of aliphatic hydroxyl groups excluding tert-OH is 1. The molecule has 0 aromatic rings. The topological polar surface area (TPSA) is 23.5 Å². The second kappa shape index (κ2) is 8.92. The summed E-state index contributed by atoms with van der Waals surface area (Å²) in [6.07, 6.45) is 9.79. The molecule has 0 aliphatic heterocycles. The van der Waals surface area contributed by atoms with E-state index in [0.29, 0.717) is 12.0 Å². The molecule has 0 spiro atoms. The molecule has 1 aliphatic carbocycles. The molecule has 1 saturated carbocycles. The number of rotatable bonds is 7. The van der Waals surface area contributed by atoms with E-state index in [0.717, 1.165) is 13.0 Å². The Kier molecular flexibility index (Phi) is 7.92. The van der Waals surface area contributed by atoms with Gasteiger partial charge in [0.1, 0.15) is 0 Å². The molecule has 108 valence electrons. The van der Waals surface area contributed by atoms with Crippen molar-refractivity contribution in [3.63, 3.8) is 0 Å². The van der Waals surface area contributed by atoms with Crippen molar-refractivity contribution in [3.8, 4) is 0 Å². The Morgan fingerprint density at radius 3 is 2.56 bits per heavy atom. The fraction of sp³-hybridized carbons (Fsp3) is 1.00. The van der Waals surface area contributed by atoms with E-state index in [1.807, 2.05) is 0 Å². The third-order valence-corrected chi connectivity index (χ3v) is 4.60. The largest absolute Gasteiger partial charge is 0.393 e. The van der Waals surface area contributed by atoms with Crippen LogP contribution in [-0.2, 0) is 0 Å². The van der Waals surface area contributed by atoms with Crippen LogP contribution in [0.1, 0.15) is 72.1 Å². The standard InChI is InChI=1S/C16H33NO/c1-4-6-12-17(14(3)5-2)13-15-10-8-7-9-11-16(15)18/h14-16,18H,4-13H2,1-3H3. The highest BCUT2D eigenvalue weighted by molar-refractivity contribution is 4.78. The van der Waals surface area contributed by atoms with Gasteiger partial charge in [-0.2, -0.15) is 0 Å². The van der Waals surface area contributed by atoms with Gasteiger partial charge in [-0.3, -0.25) is 0 Å². The first-order valence-electron chi connectivity index (χ1n) is 8.11. The molecule has 3 unspecified atom stereocenters. The Balaban J connectivity index is 2.50. The molecule has 2 heteroatoms. The lowest BCUT2D eigenvalue weighted by Gasteiger charge is -2.33. The molecule has 18 heavy (non-hydrogen) atoms. The quantitative estimate of drug-likeness (QED) is 0.699. The Morgan fingerprint density at radius 1 is 1.17 bits per heavy atom. The van der Waals surface area contributed by atoms with Gasteiger partial charge in [0.25, 0.3) is 0 Å². The summed E-state index contributed by atoms with van der Waals surface area (Å²) in [6, 6.07) is 0.659. The van der Waals surface area contributed by atoms with E-state index in [9.17, 15) is 5.11 Å². The summed E-state index contributed by atoms with van der Waals surface area (Å²) >= 11 is 0. The summed E-state index contributed by atoms with van der Waals surface area (Å²) in [4.78, 5) is 2.61. The third-order valence-electron chi connectivity index (χ3n) is 4.60. The van der Waals surface area contributed by atoms with Crippen LogP contribution in [0.4, 0.5) is 0 Å². The fourth-order valence-electron chi connectivity index (χ4n) is 2.99. The van der Waals surface area contributed by atoms with Crippen molar-refractivity contribution >= 4 is 0 Å². The molecule has 0 aromatic carbocycles. The van der Waals surface area contributed by atoms with E-state index in [4.69, 9.17) is 0 Å². The first-order chi connectivity index (χ1) is 8.69. The summed E-state index contributed by atoms with van der Waals surface area (Å²) in [5.74, 6) is 0.512. The minimum Gasteiger partial charge on any atom is -0.393 e. The molecule has 1 aliphatic rings. The molecule has 3 atom stereocenters. The van der Waals surface area contributed by atoms with E-state index >= 15 is 0 Å². The van der Waals surface area contributed by atoms with E-state index < -0.39 is 0 Å². The van der Waals surface area contributed by atoms with Gasteiger partial charge in [-0.1, -0.05) is 39.5 Å². The van der Waals surface area contributed by atoms with Crippen molar-refractivity contribution in [2.24, 2.45) is 5.92 Å². The van der Waals surface area contributed by atoms with E-state index in [-0.39, 0.29) is 6.10 Å². The summed E-state index contributed by atoms with van der Waals surface area (Å²) in [6.45, 7) is 9.17. The van der Waals surface area contributed by atoms with Gasteiger partial charge in [-0.25, -0.2) is 0 Å². The monoisotopic (exact) mass is 255 g/mol. The zero-order chi connectivity index (χ0) is 13.4. The average Bonchev–Trinajstić information content (AvgIpc) is 2.58. The normalized spacial score (nSPS) is 27.2. The zero-order valence-electron chi connectivity index (χ0n) is 12.7.